The first-order chi connectivity index (χ1) is 5.56. The molecule has 0 N–H and O–H groups in total. The summed E-state index contributed by atoms with van der Waals surface area (Å²) in [5, 5.41) is 0. The van der Waals surface area contributed by atoms with Gasteiger partial charge in [-0.15, -0.1) is 0 Å². The average Bonchev–Trinajstić information content (AvgIpc) is 2.55. The van der Waals surface area contributed by atoms with Crippen molar-refractivity contribution in [1.29, 1.82) is 0 Å². The van der Waals surface area contributed by atoms with Gasteiger partial charge < -0.3 is 4.74 Å². The Morgan fingerprint density at radius 1 is 1.25 bits per heavy atom. The molecule has 64 valence electrons. The van der Waals surface area contributed by atoms with Crippen molar-refractivity contribution in [3.05, 3.63) is 30.1 Å². The van der Waals surface area contributed by atoms with Crippen molar-refractivity contribution < 1.29 is 4.74 Å². The van der Waals surface area contributed by atoms with Crippen LogP contribution in [0.5, 0.6) is 0 Å². The van der Waals surface area contributed by atoms with Gasteiger partial charge in [0.05, 0.1) is 11.3 Å². The molecule has 0 saturated carbocycles. The molecule has 1 atom stereocenters. The van der Waals surface area contributed by atoms with Crippen LogP contribution < -0.4 is 0 Å². The van der Waals surface area contributed by atoms with Crippen LogP contribution in [-0.2, 0) is 10.3 Å². The lowest BCUT2D eigenvalue weighted by Gasteiger charge is -2.06. The van der Waals surface area contributed by atoms with E-state index in [9.17, 15) is 0 Å². The van der Waals surface area contributed by atoms with E-state index < -0.39 is 0 Å². The molecular formula is C10H13NO. The molecule has 0 spiro atoms. The lowest BCUT2D eigenvalue weighted by molar-refractivity contribution is 0.285. The minimum atomic E-state index is -0.172. The number of pyridine rings is 1. The second kappa shape index (κ2) is 2.07. The van der Waals surface area contributed by atoms with Crippen LogP contribution in [0.25, 0.3) is 0 Å². The number of aromatic nitrogens is 1. The van der Waals surface area contributed by atoms with Gasteiger partial charge in [-0.1, -0.05) is 6.07 Å². The van der Waals surface area contributed by atoms with Gasteiger partial charge in [0.2, 0.25) is 0 Å². The Labute approximate surface area is 72.6 Å². The van der Waals surface area contributed by atoms with E-state index in [1.54, 1.807) is 6.20 Å². The van der Waals surface area contributed by atoms with Crippen LogP contribution >= 0.6 is 0 Å². The van der Waals surface area contributed by atoms with E-state index in [0.717, 1.165) is 5.69 Å². The molecule has 0 bridgehead atoms. The number of epoxide rings is 1. The molecule has 1 aromatic heterocycles. The SMILES string of the molecule is CC1(C)OC1(C)c1ccccn1. The van der Waals surface area contributed by atoms with Crippen LogP contribution in [0.3, 0.4) is 0 Å². The van der Waals surface area contributed by atoms with Crippen LogP contribution in [0.15, 0.2) is 24.4 Å². The normalized spacial score (nSPS) is 31.6. The van der Waals surface area contributed by atoms with Gasteiger partial charge in [-0.2, -0.15) is 0 Å². The first kappa shape index (κ1) is 7.74. The van der Waals surface area contributed by atoms with Gasteiger partial charge in [-0.05, 0) is 32.9 Å². The average molecular weight is 163 g/mol. The number of nitrogens with zero attached hydrogens (tertiary/aromatic N) is 1. The van der Waals surface area contributed by atoms with E-state index in [4.69, 9.17) is 4.74 Å². The van der Waals surface area contributed by atoms with Crippen molar-refractivity contribution in [1.82, 2.24) is 4.98 Å². The fourth-order valence-electron chi connectivity index (χ4n) is 1.49. The lowest BCUT2D eigenvalue weighted by Crippen LogP contribution is -2.15. The molecule has 2 heteroatoms. The Morgan fingerprint density at radius 3 is 2.33 bits per heavy atom. The third kappa shape index (κ3) is 0.879. The number of ether oxygens (including phenoxy) is 1. The van der Waals surface area contributed by atoms with E-state index >= 15 is 0 Å². The number of hydrogen-bond acceptors (Lipinski definition) is 2. The highest BCUT2D eigenvalue weighted by molar-refractivity contribution is 5.24. The molecule has 0 radical (unpaired) electrons. The Balaban J connectivity index is 2.35. The van der Waals surface area contributed by atoms with Crippen molar-refractivity contribution in [3.63, 3.8) is 0 Å². The largest absolute Gasteiger partial charge is 0.357 e. The standard InChI is InChI=1S/C10H13NO/c1-9(2)10(3,12-9)8-6-4-5-7-11-8/h4-7H,1-3H3. The second-order valence-corrected chi connectivity index (χ2v) is 3.86. The zero-order chi connectivity index (χ0) is 8.82. The van der Waals surface area contributed by atoms with Gasteiger partial charge in [0.15, 0.2) is 0 Å². The molecule has 2 rings (SSSR count). The summed E-state index contributed by atoms with van der Waals surface area (Å²) in [5.74, 6) is 0. The van der Waals surface area contributed by atoms with Gasteiger partial charge in [-0.25, -0.2) is 0 Å². The molecule has 0 amide bonds. The molecule has 1 aromatic rings. The van der Waals surface area contributed by atoms with E-state index in [-0.39, 0.29) is 11.2 Å². The maximum atomic E-state index is 5.62. The Morgan fingerprint density at radius 2 is 1.92 bits per heavy atom. The maximum Gasteiger partial charge on any atom is 0.136 e. The zero-order valence-electron chi connectivity index (χ0n) is 7.66. The second-order valence-electron chi connectivity index (χ2n) is 3.86. The molecular weight excluding hydrogens is 150 g/mol. The van der Waals surface area contributed by atoms with Gasteiger partial charge in [0, 0.05) is 6.20 Å². The van der Waals surface area contributed by atoms with Crippen LogP contribution in [-0.4, -0.2) is 10.6 Å². The Kier molecular flexibility index (Phi) is 1.34. The minimum absolute atomic E-state index is 0.0542. The Bertz CT molecular complexity index is 294. The van der Waals surface area contributed by atoms with Crippen LogP contribution in [0.4, 0.5) is 0 Å². The third-order valence-electron chi connectivity index (χ3n) is 2.72. The monoisotopic (exact) mass is 163 g/mol. The molecule has 1 aliphatic heterocycles. The number of hydrogen-bond donors (Lipinski definition) is 0. The van der Waals surface area contributed by atoms with E-state index in [1.807, 2.05) is 18.2 Å². The van der Waals surface area contributed by atoms with Gasteiger partial charge in [0.25, 0.3) is 0 Å². The first-order valence-electron chi connectivity index (χ1n) is 4.18. The summed E-state index contributed by atoms with van der Waals surface area (Å²) in [5.41, 5.74) is 0.797. The summed E-state index contributed by atoms with van der Waals surface area (Å²) < 4.78 is 5.62. The third-order valence-corrected chi connectivity index (χ3v) is 2.72. The molecule has 0 aliphatic carbocycles. The molecule has 1 unspecified atom stereocenters. The summed E-state index contributed by atoms with van der Waals surface area (Å²) >= 11 is 0. The molecule has 1 aliphatic rings. The molecule has 1 saturated heterocycles. The van der Waals surface area contributed by atoms with Gasteiger partial charge in [-0.3, -0.25) is 4.98 Å². The lowest BCUT2D eigenvalue weighted by atomic mass is 9.94. The molecule has 2 nitrogen and oxygen atoms in total. The fraction of sp³-hybridized carbons (Fsp3) is 0.500. The van der Waals surface area contributed by atoms with Crippen molar-refractivity contribution >= 4 is 0 Å². The van der Waals surface area contributed by atoms with E-state index in [0.29, 0.717) is 0 Å². The van der Waals surface area contributed by atoms with Crippen molar-refractivity contribution in [2.75, 3.05) is 0 Å². The summed E-state index contributed by atoms with van der Waals surface area (Å²) in [6.45, 7) is 6.25. The maximum absolute atomic E-state index is 5.62. The Hall–Kier alpha value is -0.890. The predicted molar refractivity (Wildman–Crippen MR) is 46.8 cm³/mol. The van der Waals surface area contributed by atoms with E-state index in [1.165, 1.54) is 0 Å². The summed E-state index contributed by atoms with van der Waals surface area (Å²) in [4.78, 5) is 4.28. The summed E-state index contributed by atoms with van der Waals surface area (Å²) in [7, 11) is 0. The molecule has 1 fully saturated rings. The smallest absolute Gasteiger partial charge is 0.136 e. The van der Waals surface area contributed by atoms with Crippen LogP contribution in [0.1, 0.15) is 26.5 Å². The topological polar surface area (TPSA) is 25.4 Å². The highest BCUT2D eigenvalue weighted by Gasteiger charge is 2.62. The highest BCUT2D eigenvalue weighted by Crippen LogP contribution is 2.54. The minimum Gasteiger partial charge on any atom is -0.357 e. The van der Waals surface area contributed by atoms with Crippen LogP contribution in [0, 0.1) is 0 Å². The highest BCUT2D eigenvalue weighted by atomic mass is 16.6. The summed E-state index contributed by atoms with van der Waals surface area (Å²) in [6.07, 6.45) is 1.80. The zero-order valence-corrected chi connectivity index (χ0v) is 7.66. The fourth-order valence-corrected chi connectivity index (χ4v) is 1.49. The first-order valence-corrected chi connectivity index (χ1v) is 4.18. The van der Waals surface area contributed by atoms with Gasteiger partial charge >= 0.3 is 0 Å². The van der Waals surface area contributed by atoms with Crippen molar-refractivity contribution in [2.45, 2.75) is 32.0 Å². The van der Waals surface area contributed by atoms with Crippen molar-refractivity contribution in [2.24, 2.45) is 0 Å². The van der Waals surface area contributed by atoms with E-state index in [2.05, 4.69) is 25.8 Å². The predicted octanol–water partition coefficient (Wildman–Crippen LogP) is 2.11. The molecule has 0 aromatic carbocycles. The number of rotatable bonds is 1. The molecule has 12 heavy (non-hydrogen) atoms. The summed E-state index contributed by atoms with van der Waals surface area (Å²) in [6, 6.07) is 5.92. The van der Waals surface area contributed by atoms with Crippen LogP contribution in [0.2, 0.25) is 0 Å². The quantitative estimate of drug-likeness (QED) is 0.592. The van der Waals surface area contributed by atoms with Gasteiger partial charge in [0.1, 0.15) is 5.60 Å². The van der Waals surface area contributed by atoms with Crippen molar-refractivity contribution in [3.8, 4) is 0 Å². The molecule has 2 heterocycles.